The zero-order valence-electron chi connectivity index (χ0n) is 66.7. The third kappa shape index (κ3) is 20.1. The second-order valence-corrected chi connectivity index (χ2v) is 39.1. The second kappa shape index (κ2) is 34.7. The van der Waals surface area contributed by atoms with E-state index in [1.807, 2.05) is 86.6 Å². The number of hydrogen-bond acceptors (Lipinski definition) is 23. The summed E-state index contributed by atoms with van der Waals surface area (Å²) in [6.07, 6.45) is 13.3. The Balaban J connectivity index is 0.000000204. The zero-order valence-corrected chi connectivity index (χ0v) is 69.1. The first-order valence-corrected chi connectivity index (χ1v) is 43.2. The lowest BCUT2D eigenvalue weighted by molar-refractivity contribution is -0.157. The molecule has 28 nitrogen and oxygen atoms in total. The number of aliphatic carboxylic acids is 1. The molecule has 1 unspecified atom stereocenters. The molecule has 5 N–H and O–H groups in total. The van der Waals surface area contributed by atoms with Gasteiger partial charge in [-0.2, -0.15) is 0 Å². The molecule has 4 amide bonds. The number of halogens is 1. The molecule has 14 rings (SSSR count). The van der Waals surface area contributed by atoms with Crippen molar-refractivity contribution in [3.63, 3.8) is 0 Å². The maximum atomic E-state index is 14.8. The van der Waals surface area contributed by atoms with E-state index < -0.39 is 125 Å². The highest BCUT2D eigenvalue weighted by molar-refractivity contribution is 7.91. The number of Topliss-reactive ketones (excluding diaryl/α,β-unsaturated/α-hetero) is 1. The second-order valence-electron chi connectivity index (χ2n) is 35.2. The van der Waals surface area contributed by atoms with E-state index in [4.69, 9.17) is 54.1 Å². The SMILES string of the molecule is C.CC[C@@H]1C[C@]1(CC(=O)[C@@H]1[C@H](C)[C@@H]2CN1C(=O)[C@H](C(C)(C)C)CC(=O)O[C@@H]1C[C@H]1CCCCCc1nc3ccc(OC)cc3nc1O2)C(=O)NS(=O)(=O)C1CC1.CC[C@@H]1C[C@]1(N)C(=O)NS(=O)(=O)C1CC1.COc1ccc2nc3c(nc2c1)O[C@H]1CN(C(=O)[C@H](C(C)(C)C)CC(=O)OC2C[C@H]2CCCCC3)[C@H](C(=O)O)[C@@H]1C.Cl. The lowest BCUT2D eigenvalue weighted by atomic mass is 9.77. The van der Waals surface area contributed by atoms with Crippen molar-refractivity contribution in [2.45, 2.75) is 277 Å². The zero-order chi connectivity index (χ0) is 80.2. The van der Waals surface area contributed by atoms with Crippen molar-refractivity contribution in [3.8, 4) is 23.3 Å². The molecule has 4 aromatic rings. The Bertz CT molecular complexity index is 4470. The van der Waals surface area contributed by atoms with E-state index in [0.29, 0.717) is 115 Å². The van der Waals surface area contributed by atoms with Gasteiger partial charge in [0.1, 0.15) is 53.3 Å². The number of rotatable bonds is 14. The van der Waals surface area contributed by atoms with Crippen LogP contribution in [0.4, 0.5) is 0 Å². The number of nitrogens with one attached hydrogen (secondary N) is 2. The Hall–Kier alpha value is -7.57. The van der Waals surface area contributed by atoms with E-state index in [-0.39, 0.29) is 99.1 Å². The number of carbonyl (C=O) groups excluding carboxylic acids is 7. The fraction of sp³-hybridized carbons (Fsp3) is 0.707. The molecule has 2 aromatic heterocycles. The summed E-state index contributed by atoms with van der Waals surface area (Å²) >= 11 is 0. The van der Waals surface area contributed by atoms with Crippen LogP contribution in [0.3, 0.4) is 0 Å². The number of carboxylic acids is 1. The van der Waals surface area contributed by atoms with E-state index >= 15 is 0 Å². The molecule has 8 fully saturated rings. The number of nitrogens with two attached hydrogens (primary N) is 1. The van der Waals surface area contributed by atoms with Gasteiger partial charge < -0.3 is 49.1 Å². The molecule has 113 heavy (non-hydrogen) atoms. The predicted molar refractivity (Wildman–Crippen MR) is 423 cm³/mol. The van der Waals surface area contributed by atoms with Crippen molar-refractivity contribution in [2.75, 3.05) is 27.3 Å². The summed E-state index contributed by atoms with van der Waals surface area (Å²) in [5.74, 6) is -4.16. The first-order valence-electron chi connectivity index (χ1n) is 40.1. The topological polar surface area (TPSA) is 389 Å². The molecule has 0 spiro atoms. The van der Waals surface area contributed by atoms with Gasteiger partial charge in [0.15, 0.2) is 5.78 Å². The van der Waals surface area contributed by atoms with Crippen molar-refractivity contribution < 1.29 is 88.7 Å². The lowest BCUT2D eigenvalue weighted by Crippen LogP contribution is -2.50. The van der Waals surface area contributed by atoms with E-state index in [1.165, 1.54) is 9.80 Å². The molecular formula is C82H118ClN9O19S2. The molecule has 4 aliphatic heterocycles. The van der Waals surface area contributed by atoms with E-state index in [0.717, 1.165) is 81.8 Å². The molecule has 16 atom stereocenters. The minimum atomic E-state index is -3.83. The van der Waals surface area contributed by atoms with Crippen LogP contribution in [0.1, 0.15) is 223 Å². The first kappa shape index (κ1) is 87.8. The van der Waals surface area contributed by atoms with Crippen LogP contribution in [0.5, 0.6) is 23.3 Å². The quantitative estimate of drug-likeness (QED) is 0.0852. The van der Waals surface area contributed by atoms with E-state index in [1.54, 1.807) is 33.3 Å². The number of sulfonamides is 2. The highest BCUT2D eigenvalue weighted by atomic mass is 35.5. The van der Waals surface area contributed by atoms with Gasteiger partial charge in [0.05, 0.1) is 102 Å². The largest absolute Gasteiger partial charge is 0.497 e. The van der Waals surface area contributed by atoms with Crippen molar-refractivity contribution in [3.05, 3.63) is 47.8 Å². The summed E-state index contributed by atoms with van der Waals surface area (Å²) in [4.78, 5) is 130. The molecule has 0 radical (unpaired) electrons. The number of ketones is 1. The van der Waals surface area contributed by atoms with Crippen LogP contribution < -0.4 is 34.1 Å². The summed E-state index contributed by atoms with van der Waals surface area (Å²) in [5.41, 5.74) is 6.49. The van der Waals surface area contributed by atoms with Gasteiger partial charge in [-0.05, 0) is 149 Å². The maximum absolute atomic E-state index is 14.8. The number of fused-ring (bicyclic) bond motifs is 10. The van der Waals surface area contributed by atoms with Gasteiger partial charge in [0, 0.05) is 30.4 Å². The highest BCUT2D eigenvalue weighted by Crippen LogP contribution is 2.58. The summed E-state index contributed by atoms with van der Waals surface area (Å²) in [6.45, 7) is 19.0. The Kier molecular flexibility index (Phi) is 27.0. The van der Waals surface area contributed by atoms with Crippen LogP contribution in [0, 0.1) is 63.6 Å². The maximum Gasteiger partial charge on any atom is 0.326 e. The summed E-state index contributed by atoms with van der Waals surface area (Å²) in [7, 11) is -4.10. The normalized spacial score (nSPS) is 30.7. The third-order valence-electron chi connectivity index (χ3n) is 24.9. The Morgan fingerprint density at radius 3 is 1.39 bits per heavy atom. The van der Waals surface area contributed by atoms with Crippen LogP contribution in [0.15, 0.2) is 36.4 Å². The number of aromatic nitrogens is 4. The number of hydrogen-bond donors (Lipinski definition) is 4. The van der Waals surface area contributed by atoms with Crippen molar-refractivity contribution in [1.82, 2.24) is 39.2 Å². The van der Waals surface area contributed by atoms with Crippen LogP contribution in [-0.2, 0) is 80.7 Å². The number of carbonyl (C=O) groups is 8. The average Bonchev–Trinajstić information content (AvgIpc) is 1.60. The molecule has 10 aliphatic rings. The fourth-order valence-electron chi connectivity index (χ4n) is 16.9. The van der Waals surface area contributed by atoms with Crippen molar-refractivity contribution in [1.29, 1.82) is 0 Å². The molecule has 31 heteroatoms. The Morgan fingerprint density at radius 1 is 0.575 bits per heavy atom. The van der Waals surface area contributed by atoms with Gasteiger partial charge in [-0.1, -0.05) is 115 Å². The van der Waals surface area contributed by atoms with Crippen LogP contribution in [-0.4, -0.2) is 179 Å². The minimum absolute atomic E-state index is 0. The number of nitrogens with zero attached hydrogens (tertiary/aromatic N) is 6. The molecule has 6 heterocycles. The average molecular weight is 1630 g/mol. The van der Waals surface area contributed by atoms with Gasteiger partial charge in [-0.15, -0.1) is 12.4 Å². The number of benzene rings is 2. The van der Waals surface area contributed by atoms with Crippen molar-refractivity contribution >= 4 is 102 Å². The molecule has 6 saturated carbocycles. The van der Waals surface area contributed by atoms with E-state index in [9.17, 15) is 60.3 Å². The highest BCUT2D eigenvalue weighted by Gasteiger charge is 2.63. The summed E-state index contributed by atoms with van der Waals surface area (Å²) in [5, 5.41) is 9.25. The third-order valence-corrected chi connectivity index (χ3v) is 28.5. The number of esters is 2. The minimum Gasteiger partial charge on any atom is -0.497 e. The fourth-order valence-corrected chi connectivity index (χ4v) is 19.6. The Labute approximate surface area is 670 Å². The van der Waals surface area contributed by atoms with Gasteiger partial charge in [0.25, 0.3) is 5.91 Å². The smallest absolute Gasteiger partial charge is 0.326 e. The van der Waals surface area contributed by atoms with Crippen LogP contribution in [0.25, 0.3) is 22.1 Å². The van der Waals surface area contributed by atoms with Crippen LogP contribution >= 0.6 is 12.4 Å². The standard InChI is InChI=1S/C41H56N4O9S.C31H41N3O7.C9H16N2O3S.CH4.ClH/c1-7-25-20-41(25,39(49)44-55(50,51)27-14-15-27)21-32(46)36-23(2)34-22-45(36)38(48)28(40(3,4)5)19-35(47)53-33-17-24(33)11-9-8-10-12-30-37(54-34)43-31-18-26(52-6)13-16-29(31)42-30;1-17-25-16-34(27(17)30(37)38)29(36)20(31(2,3)4)15-26(35)40-24-13-18(24)9-7-6-8-10-22-28(41-25)33-23-14-19(39-5)11-12-21(23)32-22;1-2-6-5-9(6,10)8(12)11-15(13,14)7-3-4-7;;/h13,16,18,23-25,27-28,33-34,36H,7-12,14-15,17,19-22H2,1-6H3,(H,44,49);11-12,14,17-18,20,24-25,27H,6-10,13,15-16H2,1-5H3,(H,37,38);6-7H,2-5,10H2,1H3,(H,11,12);1H4;1H/t23-,24-,25-,28-,33-,34+,36+,41-;17-,18-,20-,24?,25+,27+;6-,9-;;/m111../s1. The molecule has 2 saturated heterocycles. The number of ether oxygens (including phenoxy) is 6. The number of methoxy groups -OCH3 is 2. The Morgan fingerprint density at radius 2 is 1.00 bits per heavy atom. The molecule has 2 aromatic carbocycles. The van der Waals surface area contributed by atoms with Gasteiger partial charge in [0.2, 0.25) is 49.5 Å². The molecule has 624 valence electrons. The van der Waals surface area contributed by atoms with Crippen molar-refractivity contribution in [2.24, 2.45) is 69.3 Å². The predicted octanol–water partition coefficient (Wildman–Crippen LogP) is 10.5. The van der Waals surface area contributed by atoms with Crippen LogP contribution in [0.2, 0.25) is 0 Å². The molecule has 4 bridgehead atoms. The first-order chi connectivity index (χ1) is 52.4. The lowest BCUT2D eigenvalue weighted by Gasteiger charge is -2.35. The summed E-state index contributed by atoms with van der Waals surface area (Å²) in [6, 6.07) is 8.92. The monoisotopic (exact) mass is 1630 g/mol. The van der Waals surface area contributed by atoms with Gasteiger partial charge >= 0.3 is 17.9 Å². The van der Waals surface area contributed by atoms with Gasteiger partial charge in [-0.25, -0.2) is 41.6 Å². The molecule has 6 aliphatic carbocycles. The number of carboxylic acid groups (broad SMARTS) is 1. The van der Waals surface area contributed by atoms with Gasteiger partial charge in [-0.3, -0.25) is 43.0 Å². The molecular weight excluding hydrogens is 1510 g/mol. The summed E-state index contributed by atoms with van der Waals surface area (Å²) < 4.78 is 88.7. The van der Waals surface area contributed by atoms with E-state index in [2.05, 4.69) is 9.44 Å². The number of amides is 4. The number of aryl methyl sites for hydroxylation is 2.